The van der Waals surface area contributed by atoms with Crippen LogP contribution in [-0.4, -0.2) is 17.7 Å². The molecular formula is C12H15BrO3. The third kappa shape index (κ3) is 3.85. The largest absolute Gasteiger partial charge is 0.494 e. The average Bonchev–Trinajstić information content (AvgIpc) is 2.26. The van der Waals surface area contributed by atoms with Crippen LogP contribution in [0.15, 0.2) is 22.7 Å². The normalized spacial score (nSPS) is 10.1. The number of hydrogen-bond acceptors (Lipinski definition) is 2. The number of rotatable bonds is 6. The van der Waals surface area contributed by atoms with E-state index in [2.05, 4.69) is 22.9 Å². The molecule has 0 atom stereocenters. The van der Waals surface area contributed by atoms with E-state index in [0.717, 1.165) is 19.3 Å². The Labute approximate surface area is 104 Å². The zero-order valence-corrected chi connectivity index (χ0v) is 10.8. The van der Waals surface area contributed by atoms with Gasteiger partial charge in [-0.3, -0.25) is 0 Å². The number of unbranched alkanes of at least 4 members (excludes halogenated alkanes) is 2. The lowest BCUT2D eigenvalue weighted by molar-refractivity contribution is 0.0695. The van der Waals surface area contributed by atoms with Crippen molar-refractivity contribution in [3.05, 3.63) is 28.2 Å². The lowest BCUT2D eigenvalue weighted by atomic mass is 10.2. The van der Waals surface area contributed by atoms with Crippen molar-refractivity contribution >= 4 is 21.9 Å². The maximum absolute atomic E-state index is 10.9. The van der Waals surface area contributed by atoms with Crippen molar-refractivity contribution in [2.75, 3.05) is 6.61 Å². The highest BCUT2D eigenvalue weighted by Crippen LogP contribution is 2.22. The molecule has 0 aromatic heterocycles. The van der Waals surface area contributed by atoms with Gasteiger partial charge in [0.25, 0.3) is 0 Å². The van der Waals surface area contributed by atoms with Crippen molar-refractivity contribution < 1.29 is 14.6 Å². The van der Waals surface area contributed by atoms with Gasteiger partial charge in [-0.2, -0.15) is 0 Å². The van der Waals surface area contributed by atoms with Crippen molar-refractivity contribution in [2.45, 2.75) is 26.2 Å². The molecule has 1 aromatic carbocycles. The highest BCUT2D eigenvalue weighted by molar-refractivity contribution is 9.10. The highest BCUT2D eigenvalue weighted by Gasteiger charge is 2.09. The van der Waals surface area contributed by atoms with E-state index >= 15 is 0 Å². The first-order valence-electron chi connectivity index (χ1n) is 5.30. The summed E-state index contributed by atoms with van der Waals surface area (Å²) in [7, 11) is 0. The van der Waals surface area contributed by atoms with Gasteiger partial charge in [0.05, 0.1) is 12.2 Å². The summed E-state index contributed by atoms with van der Waals surface area (Å²) < 4.78 is 6.04. The molecule has 16 heavy (non-hydrogen) atoms. The fourth-order valence-corrected chi connectivity index (χ4v) is 1.72. The zero-order chi connectivity index (χ0) is 12.0. The Balaban J connectivity index is 2.61. The predicted octanol–water partition coefficient (Wildman–Crippen LogP) is 3.72. The molecule has 1 N–H and O–H groups in total. The Bertz CT molecular complexity index is 363. The maximum atomic E-state index is 10.9. The molecule has 88 valence electrons. The molecule has 3 nitrogen and oxygen atoms in total. The predicted molar refractivity (Wildman–Crippen MR) is 66.1 cm³/mol. The molecule has 0 heterocycles. The van der Waals surface area contributed by atoms with Gasteiger partial charge in [-0.1, -0.05) is 19.8 Å². The molecule has 0 radical (unpaired) electrons. The standard InChI is InChI=1S/C12H15BrO3/c1-2-3-4-7-16-9-5-6-11(13)10(8-9)12(14)15/h5-6,8H,2-4,7H2,1H3,(H,14,15). The van der Waals surface area contributed by atoms with Crippen LogP contribution in [0.3, 0.4) is 0 Å². The van der Waals surface area contributed by atoms with Gasteiger partial charge in [0, 0.05) is 4.47 Å². The first kappa shape index (κ1) is 13.0. The van der Waals surface area contributed by atoms with Gasteiger partial charge < -0.3 is 9.84 Å². The molecule has 0 aliphatic rings. The molecule has 0 spiro atoms. The first-order valence-corrected chi connectivity index (χ1v) is 6.10. The zero-order valence-electron chi connectivity index (χ0n) is 9.20. The van der Waals surface area contributed by atoms with Gasteiger partial charge >= 0.3 is 5.97 Å². The SMILES string of the molecule is CCCCCOc1ccc(Br)c(C(=O)O)c1. The molecule has 0 amide bonds. The maximum Gasteiger partial charge on any atom is 0.336 e. The van der Waals surface area contributed by atoms with E-state index in [1.54, 1.807) is 18.2 Å². The van der Waals surface area contributed by atoms with E-state index in [9.17, 15) is 4.79 Å². The number of hydrogen-bond donors (Lipinski definition) is 1. The van der Waals surface area contributed by atoms with Crippen molar-refractivity contribution in [1.29, 1.82) is 0 Å². The fourth-order valence-electron chi connectivity index (χ4n) is 1.30. The minimum atomic E-state index is -0.953. The van der Waals surface area contributed by atoms with Crippen LogP contribution in [0.4, 0.5) is 0 Å². The van der Waals surface area contributed by atoms with E-state index in [4.69, 9.17) is 9.84 Å². The molecule has 1 aromatic rings. The molecule has 0 aliphatic heterocycles. The summed E-state index contributed by atoms with van der Waals surface area (Å²) in [5.41, 5.74) is 0.230. The van der Waals surface area contributed by atoms with E-state index in [-0.39, 0.29) is 5.56 Å². The van der Waals surface area contributed by atoms with Crippen LogP contribution in [-0.2, 0) is 0 Å². The van der Waals surface area contributed by atoms with Crippen LogP contribution in [0.25, 0.3) is 0 Å². The summed E-state index contributed by atoms with van der Waals surface area (Å²) in [4.78, 5) is 10.9. The van der Waals surface area contributed by atoms with Crippen molar-refractivity contribution in [3.8, 4) is 5.75 Å². The minimum absolute atomic E-state index is 0.230. The number of carboxylic acids is 1. The van der Waals surface area contributed by atoms with Crippen LogP contribution in [0.5, 0.6) is 5.75 Å². The van der Waals surface area contributed by atoms with E-state index in [1.807, 2.05) is 0 Å². The summed E-state index contributed by atoms with van der Waals surface area (Å²) in [6, 6.07) is 5.00. The number of ether oxygens (including phenoxy) is 1. The number of carboxylic acid groups (broad SMARTS) is 1. The van der Waals surface area contributed by atoms with Crippen LogP contribution in [0, 0.1) is 0 Å². The summed E-state index contributed by atoms with van der Waals surface area (Å²) in [5.74, 6) is -0.345. The van der Waals surface area contributed by atoms with Crippen LogP contribution in [0.1, 0.15) is 36.5 Å². The Kier molecular flexibility index (Phi) is 5.32. The molecule has 0 saturated heterocycles. The molecule has 0 saturated carbocycles. The minimum Gasteiger partial charge on any atom is -0.494 e. The van der Waals surface area contributed by atoms with Gasteiger partial charge in [0.2, 0.25) is 0 Å². The molecule has 0 bridgehead atoms. The summed E-state index contributed by atoms with van der Waals surface area (Å²) in [6.07, 6.45) is 3.27. The van der Waals surface area contributed by atoms with Gasteiger partial charge in [-0.15, -0.1) is 0 Å². The second kappa shape index (κ2) is 6.53. The molecule has 1 rings (SSSR count). The van der Waals surface area contributed by atoms with Crippen LogP contribution in [0.2, 0.25) is 0 Å². The number of carbonyl (C=O) groups is 1. The molecule has 0 unspecified atom stereocenters. The Morgan fingerprint density at radius 1 is 1.44 bits per heavy atom. The lowest BCUT2D eigenvalue weighted by Crippen LogP contribution is -2.01. The van der Waals surface area contributed by atoms with Gasteiger partial charge in [0.15, 0.2) is 0 Å². The topological polar surface area (TPSA) is 46.5 Å². The Hall–Kier alpha value is -1.03. The third-order valence-electron chi connectivity index (χ3n) is 2.18. The number of halogens is 1. The Morgan fingerprint density at radius 2 is 2.19 bits per heavy atom. The van der Waals surface area contributed by atoms with Crippen LogP contribution >= 0.6 is 15.9 Å². The molecule has 0 fully saturated rings. The Morgan fingerprint density at radius 3 is 2.81 bits per heavy atom. The second-order valence-corrected chi connectivity index (χ2v) is 4.36. The summed E-state index contributed by atoms with van der Waals surface area (Å²) in [6.45, 7) is 2.76. The number of aromatic carboxylic acids is 1. The number of benzene rings is 1. The van der Waals surface area contributed by atoms with Gasteiger partial charge in [0.1, 0.15) is 5.75 Å². The van der Waals surface area contributed by atoms with Crippen molar-refractivity contribution in [3.63, 3.8) is 0 Å². The second-order valence-electron chi connectivity index (χ2n) is 3.50. The third-order valence-corrected chi connectivity index (χ3v) is 2.88. The smallest absolute Gasteiger partial charge is 0.336 e. The summed E-state index contributed by atoms with van der Waals surface area (Å²) >= 11 is 3.19. The van der Waals surface area contributed by atoms with Crippen molar-refractivity contribution in [1.82, 2.24) is 0 Å². The molecular weight excluding hydrogens is 272 g/mol. The fraction of sp³-hybridized carbons (Fsp3) is 0.417. The monoisotopic (exact) mass is 286 g/mol. The molecule has 0 aliphatic carbocycles. The highest BCUT2D eigenvalue weighted by atomic mass is 79.9. The average molecular weight is 287 g/mol. The first-order chi connectivity index (χ1) is 7.65. The van der Waals surface area contributed by atoms with E-state index in [1.165, 1.54) is 0 Å². The van der Waals surface area contributed by atoms with E-state index in [0.29, 0.717) is 16.8 Å². The van der Waals surface area contributed by atoms with Crippen LogP contribution < -0.4 is 4.74 Å². The molecule has 4 heteroatoms. The van der Waals surface area contributed by atoms with Crippen molar-refractivity contribution in [2.24, 2.45) is 0 Å². The summed E-state index contributed by atoms with van der Waals surface area (Å²) in [5, 5.41) is 8.91. The van der Waals surface area contributed by atoms with Gasteiger partial charge in [-0.05, 0) is 40.5 Å². The van der Waals surface area contributed by atoms with Gasteiger partial charge in [-0.25, -0.2) is 4.79 Å². The lowest BCUT2D eigenvalue weighted by Gasteiger charge is -2.07. The quantitative estimate of drug-likeness (QED) is 0.811. The van der Waals surface area contributed by atoms with E-state index < -0.39 is 5.97 Å².